The maximum Gasteiger partial charge on any atom is 0.119 e. The molecule has 2 aliphatic rings. The highest BCUT2D eigenvalue weighted by molar-refractivity contribution is 5.29. The predicted molar refractivity (Wildman–Crippen MR) is 99.3 cm³/mol. The first kappa shape index (κ1) is 17.8. The molecule has 0 radical (unpaired) electrons. The van der Waals surface area contributed by atoms with Gasteiger partial charge in [-0.25, -0.2) is 0 Å². The van der Waals surface area contributed by atoms with E-state index in [1.54, 1.807) is 7.11 Å². The summed E-state index contributed by atoms with van der Waals surface area (Å²) in [6.07, 6.45) is 6.86. The van der Waals surface area contributed by atoms with Crippen LogP contribution in [0.3, 0.4) is 0 Å². The zero-order valence-corrected chi connectivity index (χ0v) is 16.1. The number of rotatable bonds is 3. The van der Waals surface area contributed by atoms with E-state index in [9.17, 15) is 5.11 Å². The summed E-state index contributed by atoms with van der Waals surface area (Å²) in [5, 5.41) is 11.3. The van der Waals surface area contributed by atoms with Crippen molar-refractivity contribution in [1.29, 1.82) is 0 Å². The van der Waals surface area contributed by atoms with Crippen molar-refractivity contribution < 1.29 is 9.84 Å². The molecule has 2 heteroatoms. The highest BCUT2D eigenvalue weighted by Gasteiger charge is 2.57. The van der Waals surface area contributed by atoms with Crippen molar-refractivity contribution in [2.45, 2.75) is 71.8 Å². The molecule has 2 nitrogen and oxygen atoms in total. The second kappa shape index (κ2) is 6.05. The lowest BCUT2D eigenvalue weighted by Gasteiger charge is -2.61. The van der Waals surface area contributed by atoms with Crippen molar-refractivity contribution in [3.63, 3.8) is 0 Å². The van der Waals surface area contributed by atoms with Gasteiger partial charge in [0.15, 0.2) is 0 Å². The number of hydrogen-bond donors (Lipinski definition) is 1. The van der Waals surface area contributed by atoms with Crippen LogP contribution in [-0.4, -0.2) is 17.8 Å². The first-order chi connectivity index (χ1) is 11.2. The minimum Gasteiger partial charge on any atom is -0.497 e. The Hall–Kier alpha value is -1.02. The van der Waals surface area contributed by atoms with Crippen LogP contribution in [0.1, 0.15) is 65.4 Å². The third kappa shape index (κ3) is 2.98. The van der Waals surface area contributed by atoms with Crippen LogP contribution in [0.15, 0.2) is 24.3 Å². The van der Waals surface area contributed by atoms with Gasteiger partial charge < -0.3 is 9.84 Å². The maximum atomic E-state index is 11.3. The number of hydrogen-bond acceptors (Lipinski definition) is 2. The van der Waals surface area contributed by atoms with Gasteiger partial charge in [-0.3, -0.25) is 0 Å². The Morgan fingerprint density at radius 1 is 1.12 bits per heavy atom. The third-order valence-corrected chi connectivity index (χ3v) is 7.34. The van der Waals surface area contributed by atoms with Gasteiger partial charge in [-0.15, -0.1) is 0 Å². The van der Waals surface area contributed by atoms with E-state index in [0.29, 0.717) is 17.3 Å². The van der Waals surface area contributed by atoms with Crippen molar-refractivity contribution in [3.8, 4) is 5.75 Å². The van der Waals surface area contributed by atoms with Gasteiger partial charge in [0.1, 0.15) is 5.75 Å². The number of ether oxygens (including phenoxy) is 1. The summed E-state index contributed by atoms with van der Waals surface area (Å²) >= 11 is 0. The largest absolute Gasteiger partial charge is 0.497 e. The second-order valence-corrected chi connectivity index (χ2v) is 9.40. The van der Waals surface area contributed by atoms with Gasteiger partial charge in [-0.05, 0) is 79.4 Å². The van der Waals surface area contributed by atoms with E-state index in [1.165, 1.54) is 24.8 Å². The van der Waals surface area contributed by atoms with Crippen LogP contribution in [0.5, 0.6) is 5.75 Å². The Balaban J connectivity index is 1.95. The van der Waals surface area contributed by atoms with E-state index in [-0.39, 0.29) is 5.41 Å². The lowest BCUT2D eigenvalue weighted by Crippen LogP contribution is -2.58. The van der Waals surface area contributed by atoms with Gasteiger partial charge in [0.25, 0.3) is 0 Å². The lowest BCUT2D eigenvalue weighted by molar-refractivity contribution is -0.166. The number of fused-ring (bicyclic) bond motifs is 1. The predicted octanol–water partition coefficient (Wildman–Crippen LogP) is 5.23. The van der Waals surface area contributed by atoms with Crippen LogP contribution in [0.4, 0.5) is 0 Å². The molecule has 2 aliphatic carbocycles. The first-order valence-electron chi connectivity index (χ1n) is 9.54. The molecule has 0 aliphatic heterocycles. The summed E-state index contributed by atoms with van der Waals surface area (Å²) in [5.74, 6) is 1.92. The fourth-order valence-corrected chi connectivity index (χ4v) is 6.11. The monoisotopic (exact) mass is 330 g/mol. The van der Waals surface area contributed by atoms with Crippen molar-refractivity contribution in [1.82, 2.24) is 0 Å². The summed E-state index contributed by atoms with van der Waals surface area (Å²) in [6.45, 7) is 9.41. The molecule has 24 heavy (non-hydrogen) atoms. The Bertz CT molecular complexity index is 589. The van der Waals surface area contributed by atoms with E-state index in [0.717, 1.165) is 25.0 Å². The number of benzene rings is 1. The van der Waals surface area contributed by atoms with Gasteiger partial charge in [0.05, 0.1) is 12.7 Å². The van der Waals surface area contributed by atoms with Gasteiger partial charge in [0.2, 0.25) is 0 Å². The normalized spacial score (nSPS) is 38.4. The van der Waals surface area contributed by atoms with Crippen molar-refractivity contribution in [3.05, 3.63) is 29.8 Å². The SMILES string of the molecule is COc1cccc(CC2C(C)(O)CCC3C(C)(C)CCCC32C)c1. The van der Waals surface area contributed by atoms with Gasteiger partial charge in [-0.2, -0.15) is 0 Å². The van der Waals surface area contributed by atoms with E-state index >= 15 is 0 Å². The molecule has 134 valence electrons. The van der Waals surface area contributed by atoms with E-state index in [4.69, 9.17) is 4.74 Å². The van der Waals surface area contributed by atoms with Crippen LogP contribution in [0, 0.1) is 22.7 Å². The molecule has 1 N–H and O–H groups in total. The molecule has 2 saturated carbocycles. The molecule has 0 saturated heterocycles. The highest BCUT2D eigenvalue weighted by atomic mass is 16.5. The summed E-state index contributed by atoms with van der Waals surface area (Å²) in [6, 6.07) is 8.38. The summed E-state index contributed by atoms with van der Waals surface area (Å²) in [5.41, 5.74) is 1.30. The van der Waals surface area contributed by atoms with Crippen molar-refractivity contribution in [2.75, 3.05) is 7.11 Å². The molecular weight excluding hydrogens is 296 g/mol. The Morgan fingerprint density at radius 3 is 2.58 bits per heavy atom. The molecule has 0 spiro atoms. The molecule has 1 aromatic rings. The van der Waals surface area contributed by atoms with Crippen LogP contribution in [0.25, 0.3) is 0 Å². The maximum absolute atomic E-state index is 11.3. The van der Waals surface area contributed by atoms with Crippen LogP contribution in [0.2, 0.25) is 0 Å². The van der Waals surface area contributed by atoms with Gasteiger partial charge in [-0.1, -0.05) is 39.3 Å². The van der Waals surface area contributed by atoms with Crippen LogP contribution in [-0.2, 0) is 6.42 Å². The van der Waals surface area contributed by atoms with Crippen molar-refractivity contribution >= 4 is 0 Å². The smallest absolute Gasteiger partial charge is 0.119 e. The number of methoxy groups -OCH3 is 1. The number of aliphatic hydroxyl groups is 1. The quantitative estimate of drug-likeness (QED) is 0.822. The summed E-state index contributed by atoms with van der Waals surface area (Å²) in [7, 11) is 1.72. The Labute approximate surface area is 147 Å². The van der Waals surface area contributed by atoms with Crippen molar-refractivity contribution in [2.24, 2.45) is 22.7 Å². The molecule has 0 amide bonds. The minimum absolute atomic E-state index is 0.215. The molecule has 3 rings (SSSR count). The molecule has 0 aromatic heterocycles. The second-order valence-electron chi connectivity index (χ2n) is 9.40. The molecule has 1 aromatic carbocycles. The Kier molecular flexibility index (Phi) is 4.49. The average molecular weight is 331 g/mol. The topological polar surface area (TPSA) is 29.5 Å². The van der Waals surface area contributed by atoms with Crippen LogP contribution >= 0.6 is 0 Å². The van der Waals surface area contributed by atoms with E-state index < -0.39 is 5.60 Å². The average Bonchev–Trinajstić information content (AvgIpc) is 2.50. The van der Waals surface area contributed by atoms with Crippen LogP contribution < -0.4 is 4.74 Å². The fourth-order valence-electron chi connectivity index (χ4n) is 6.11. The standard InChI is InChI=1S/C22H34O2/c1-20(2)11-7-12-21(3)18(20)10-13-22(4,23)19(21)15-16-8-6-9-17(14-16)24-5/h6,8-9,14,18-19,23H,7,10-13,15H2,1-5H3. The van der Waals surface area contributed by atoms with Gasteiger partial charge in [0, 0.05) is 0 Å². The zero-order valence-electron chi connectivity index (χ0n) is 16.1. The molecular formula is C22H34O2. The van der Waals surface area contributed by atoms with E-state index in [2.05, 4.69) is 45.9 Å². The highest BCUT2D eigenvalue weighted by Crippen LogP contribution is 2.62. The third-order valence-electron chi connectivity index (χ3n) is 7.34. The zero-order chi connectivity index (χ0) is 17.6. The molecule has 4 atom stereocenters. The summed E-state index contributed by atoms with van der Waals surface area (Å²) in [4.78, 5) is 0. The molecule has 0 bridgehead atoms. The summed E-state index contributed by atoms with van der Waals surface area (Å²) < 4.78 is 5.40. The first-order valence-corrected chi connectivity index (χ1v) is 9.54. The van der Waals surface area contributed by atoms with E-state index in [1.807, 2.05) is 6.07 Å². The lowest BCUT2D eigenvalue weighted by atomic mass is 9.45. The van der Waals surface area contributed by atoms with Gasteiger partial charge >= 0.3 is 0 Å². The fraction of sp³-hybridized carbons (Fsp3) is 0.727. The Morgan fingerprint density at radius 2 is 1.88 bits per heavy atom. The molecule has 0 heterocycles. The molecule has 4 unspecified atom stereocenters. The molecule has 2 fully saturated rings. The minimum atomic E-state index is -0.582.